The van der Waals surface area contributed by atoms with Gasteiger partial charge in [-0.25, -0.2) is 9.97 Å². The standard InChI is InChI=1S/C19H17N3O/c1-2-5-14(6-3-1)17-10-11-20-19(22-17)21-16-9-8-15-7-4-12-23-18(15)13-16/h1-3,5-6,8-11,13H,4,7,12H2,(H,20,21,22). The zero-order valence-corrected chi connectivity index (χ0v) is 12.7. The Labute approximate surface area is 135 Å². The van der Waals surface area contributed by atoms with E-state index in [-0.39, 0.29) is 0 Å². The van der Waals surface area contributed by atoms with Crippen LogP contribution in [0.4, 0.5) is 11.6 Å². The number of ether oxygens (including phenoxy) is 1. The molecule has 0 atom stereocenters. The van der Waals surface area contributed by atoms with E-state index in [1.807, 2.05) is 48.5 Å². The highest BCUT2D eigenvalue weighted by molar-refractivity contribution is 5.63. The lowest BCUT2D eigenvalue weighted by molar-refractivity contribution is 0.288. The molecule has 1 aliphatic heterocycles. The van der Waals surface area contributed by atoms with E-state index in [1.54, 1.807) is 6.20 Å². The van der Waals surface area contributed by atoms with Gasteiger partial charge in [-0.1, -0.05) is 36.4 Å². The predicted molar refractivity (Wildman–Crippen MR) is 91.0 cm³/mol. The minimum atomic E-state index is 0.585. The van der Waals surface area contributed by atoms with Crippen molar-refractivity contribution >= 4 is 11.6 Å². The van der Waals surface area contributed by atoms with Crippen molar-refractivity contribution in [3.05, 3.63) is 66.4 Å². The van der Waals surface area contributed by atoms with E-state index in [0.29, 0.717) is 5.95 Å². The van der Waals surface area contributed by atoms with E-state index in [0.717, 1.165) is 42.1 Å². The molecule has 4 rings (SSSR count). The highest BCUT2D eigenvalue weighted by atomic mass is 16.5. The summed E-state index contributed by atoms with van der Waals surface area (Å²) in [5.74, 6) is 1.54. The van der Waals surface area contributed by atoms with Gasteiger partial charge in [-0.05, 0) is 30.5 Å². The molecule has 2 heterocycles. The van der Waals surface area contributed by atoms with Crippen molar-refractivity contribution in [2.45, 2.75) is 12.8 Å². The molecule has 0 amide bonds. The van der Waals surface area contributed by atoms with E-state index in [4.69, 9.17) is 4.74 Å². The van der Waals surface area contributed by atoms with Crippen LogP contribution in [0.3, 0.4) is 0 Å². The van der Waals surface area contributed by atoms with Crippen LogP contribution in [0.5, 0.6) is 5.75 Å². The number of aryl methyl sites for hydroxylation is 1. The zero-order valence-electron chi connectivity index (χ0n) is 12.7. The molecule has 23 heavy (non-hydrogen) atoms. The van der Waals surface area contributed by atoms with E-state index < -0.39 is 0 Å². The summed E-state index contributed by atoms with van der Waals surface area (Å²) in [5, 5.41) is 3.26. The lowest BCUT2D eigenvalue weighted by Crippen LogP contribution is -2.08. The molecule has 0 fully saturated rings. The molecule has 1 aliphatic rings. The van der Waals surface area contributed by atoms with Gasteiger partial charge in [0.05, 0.1) is 12.3 Å². The van der Waals surface area contributed by atoms with Crippen LogP contribution in [0.15, 0.2) is 60.8 Å². The first-order valence-corrected chi connectivity index (χ1v) is 7.80. The topological polar surface area (TPSA) is 47.0 Å². The second kappa shape index (κ2) is 6.08. The summed E-state index contributed by atoms with van der Waals surface area (Å²) in [4.78, 5) is 8.90. The van der Waals surface area contributed by atoms with Gasteiger partial charge < -0.3 is 10.1 Å². The summed E-state index contributed by atoms with van der Waals surface area (Å²) in [6, 6.07) is 18.2. The van der Waals surface area contributed by atoms with E-state index in [1.165, 1.54) is 5.56 Å². The van der Waals surface area contributed by atoms with Crippen molar-refractivity contribution < 1.29 is 4.74 Å². The molecular weight excluding hydrogens is 286 g/mol. The Kier molecular flexibility index (Phi) is 3.64. The molecule has 4 nitrogen and oxygen atoms in total. The molecule has 0 aliphatic carbocycles. The van der Waals surface area contributed by atoms with Gasteiger partial charge in [-0.15, -0.1) is 0 Å². The third-order valence-electron chi connectivity index (χ3n) is 3.90. The van der Waals surface area contributed by atoms with Gasteiger partial charge in [-0.3, -0.25) is 0 Å². The Hall–Kier alpha value is -2.88. The van der Waals surface area contributed by atoms with Gasteiger partial charge in [-0.2, -0.15) is 0 Å². The van der Waals surface area contributed by atoms with Crippen molar-refractivity contribution in [3.8, 4) is 17.0 Å². The van der Waals surface area contributed by atoms with E-state index in [9.17, 15) is 0 Å². The lowest BCUT2D eigenvalue weighted by Gasteiger charge is -2.18. The summed E-state index contributed by atoms with van der Waals surface area (Å²) < 4.78 is 5.71. The van der Waals surface area contributed by atoms with Crippen molar-refractivity contribution in [2.24, 2.45) is 0 Å². The lowest BCUT2D eigenvalue weighted by atomic mass is 10.1. The molecule has 0 saturated carbocycles. The maximum absolute atomic E-state index is 5.71. The SMILES string of the molecule is c1ccc(-c2ccnc(Nc3ccc4c(c3)OCCC4)n2)cc1. The third kappa shape index (κ3) is 3.01. The van der Waals surface area contributed by atoms with Crippen molar-refractivity contribution in [2.75, 3.05) is 11.9 Å². The summed E-state index contributed by atoms with van der Waals surface area (Å²) in [6.45, 7) is 0.788. The average Bonchev–Trinajstić information content (AvgIpc) is 2.63. The average molecular weight is 303 g/mol. The van der Waals surface area contributed by atoms with Crippen molar-refractivity contribution in [1.82, 2.24) is 9.97 Å². The van der Waals surface area contributed by atoms with Crippen LogP contribution in [-0.2, 0) is 6.42 Å². The normalized spacial score (nSPS) is 13.0. The number of aromatic nitrogens is 2. The highest BCUT2D eigenvalue weighted by Gasteiger charge is 2.11. The fraction of sp³-hybridized carbons (Fsp3) is 0.158. The van der Waals surface area contributed by atoms with Gasteiger partial charge in [0.25, 0.3) is 0 Å². The number of anilines is 2. The van der Waals surface area contributed by atoms with E-state index >= 15 is 0 Å². The smallest absolute Gasteiger partial charge is 0.227 e. The third-order valence-corrected chi connectivity index (χ3v) is 3.90. The van der Waals surface area contributed by atoms with Crippen LogP contribution in [0.25, 0.3) is 11.3 Å². The molecule has 1 aromatic heterocycles. The van der Waals surface area contributed by atoms with Gasteiger partial charge in [0.1, 0.15) is 5.75 Å². The predicted octanol–water partition coefficient (Wildman–Crippen LogP) is 4.21. The first-order valence-electron chi connectivity index (χ1n) is 7.80. The molecule has 2 aromatic carbocycles. The van der Waals surface area contributed by atoms with Crippen molar-refractivity contribution in [3.63, 3.8) is 0 Å². The van der Waals surface area contributed by atoms with Gasteiger partial charge in [0, 0.05) is 23.5 Å². The Bertz CT molecular complexity index is 818. The van der Waals surface area contributed by atoms with Crippen LogP contribution >= 0.6 is 0 Å². The molecule has 0 unspecified atom stereocenters. The van der Waals surface area contributed by atoms with Crippen LogP contribution in [-0.4, -0.2) is 16.6 Å². The Morgan fingerprint density at radius 3 is 2.83 bits per heavy atom. The number of fused-ring (bicyclic) bond motifs is 1. The summed E-state index contributed by atoms with van der Waals surface area (Å²) in [5.41, 5.74) is 4.18. The molecule has 0 radical (unpaired) electrons. The molecule has 3 aromatic rings. The first-order chi connectivity index (χ1) is 11.4. The molecule has 114 valence electrons. The quantitative estimate of drug-likeness (QED) is 0.787. The maximum atomic E-state index is 5.71. The Morgan fingerprint density at radius 2 is 1.91 bits per heavy atom. The summed E-state index contributed by atoms with van der Waals surface area (Å²) in [7, 11) is 0. The second-order valence-corrected chi connectivity index (χ2v) is 5.53. The summed E-state index contributed by atoms with van der Waals surface area (Å²) >= 11 is 0. The van der Waals surface area contributed by atoms with Gasteiger partial charge >= 0.3 is 0 Å². The van der Waals surface area contributed by atoms with Crippen LogP contribution in [0.2, 0.25) is 0 Å². The number of hydrogen-bond donors (Lipinski definition) is 1. The summed E-state index contributed by atoms with van der Waals surface area (Å²) in [6.07, 6.45) is 3.93. The second-order valence-electron chi connectivity index (χ2n) is 5.53. The molecule has 0 saturated heterocycles. The molecule has 4 heteroatoms. The zero-order chi connectivity index (χ0) is 15.5. The first kappa shape index (κ1) is 13.8. The number of nitrogens with one attached hydrogen (secondary N) is 1. The maximum Gasteiger partial charge on any atom is 0.227 e. The number of rotatable bonds is 3. The minimum absolute atomic E-state index is 0.585. The molecular formula is C19H17N3O. The Balaban J connectivity index is 1.60. The highest BCUT2D eigenvalue weighted by Crippen LogP contribution is 2.29. The molecule has 0 bridgehead atoms. The monoisotopic (exact) mass is 303 g/mol. The van der Waals surface area contributed by atoms with E-state index in [2.05, 4.69) is 21.4 Å². The van der Waals surface area contributed by atoms with Crippen LogP contribution < -0.4 is 10.1 Å². The number of nitrogens with zero attached hydrogens (tertiary/aromatic N) is 2. The number of hydrogen-bond acceptors (Lipinski definition) is 4. The van der Waals surface area contributed by atoms with Crippen LogP contribution in [0.1, 0.15) is 12.0 Å². The van der Waals surface area contributed by atoms with Crippen molar-refractivity contribution in [1.29, 1.82) is 0 Å². The largest absolute Gasteiger partial charge is 0.493 e. The fourth-order valence-corrected chi connectivity index (χ4v) is 2.74. The molecule has 0 spiro atoms. The molecule has 1 N–H and O–H groups in total. The number of benzene rings is 2. The van der Waals surface area contributed by atoms with Crippen LogP contribution in [0, 0.1) is 0 Å². The van der Waals surface area contributed by atoms with Gasteiger partial charge in [0.15, 0.2) is 0 Å². The van der Waals surface area contributed by atoms with Gasteiger partial charge in [0.2, 0.25) is 5.95 Å². The minimum Gasteiger partial charge on any atom is -0.493 e. The fourth-order valence-electron chi connectivity index (χ4n) is 2.74. The Morgan fingerprint density at radius 1 is 1.00 bits per heavy atom.